The monoisotopic (exact) mass is 241 g/mol. The fourth-order valence-electron chi connectivity index (χ4n) is 2.08. The summed E-state index contributed by atoms with van der Waals surface area (Å²) in [6.07, 6.45) is 0. The lowest BCUT2D eigenvalue weighted by molar-refractivity contribution is -0.117. The van der Waals surface area contributed by atoms with Crippen LogP contribution in [-0.4, -0.2) is 10.9 Å². The molecule has 0 amide bonds. The predicted octanol–water partition coefficient (Wildman–Crippen LogP) is 2.70. The predicted molar refractivity (Wildman–Crippen MR) is 71.5 cm³/mol. The summed E-state index contributed by atoms with van der Waals surface area (Å²) in [5, 5.41) is 9.91. The van der Waals surface area contributed by atoms with Crippen molar-refractivity contribution in [2.45, 2.75) is 12.8 Å². The van der Waals surface area contributed by atoms with Crippen LogP contribution >= 0.6 is 0 Å². The van der Waals surface area contributed by atoms with Crippen molar-refractivity contribution in [2.24, 2.45) is 0 Å². The summed E-state index contributed by atoms with van der Waals surface area (Å²) in [5.41, 5.74) is 7.66. The van der Waals surface area contributed by atoms with Gasteiger partial charge in [0.2, 0.25) is 0 Å². The van der Waals surface area contributed by atoms with Gasteiger partial charge in [-0.3, -0.25) is 4.79 Å². The largest absolute Gasteiger partial charge is 0.508 e. The molecule has 0 aromatic heterocycles. The zero-order valence-electron chi connectivity index (χ0n) is 10.1. The van der Waals surface area contributed by atoms with Crippen LogP contribution in [0.25, 0.3) is 0 Å². The minimum absolute atomic E-state index is 0.0258. The van der Waals surface area contributed by atoms with Crippen molar-refractivity contribution in [1.82, 2.24) is 0 Å². The summed E-state index contributed by atoms with van der Waals surface area (Å²) in [4.78, 5) is 11.9. The summed E-state index contributed by atoms with van der Waals surface area (Å²) in [6.45, 7) is 1.51. The van der Waals surface area contributed by atoms with Crippen molar-refractivity contribution in [3.8, 4) is 5.75 Å². The Kier molecular flexibility index (Phi) is 3.33. The molecule has 18 heavy (non-hydrogen) atoms. The first kappa shape index (κ1) is 12.2. The molecule has 0 aliphatic heterocycles. The van der Waals surface area contributed by atoms with Gasteiger partial charge in [0, 0.05) is 11.3 Å². The number of aromatic hydroxyl groups is 1. The standard InChI is InChI=1S/C15H15NO2/c1-10(17)15(11-5-3-2-4-6-11)13-9-12(16)7-8-14(13)18/h2-9,15,18H,16H2,1H3. The topological polar surface area (TPSA) is 63.3 Å². The second-order valence-corrected chi connectivity index (χ2v) is 4.27. The Hall–Kier alpha value is -2.29. The number of carbonyl (C=O) groups excluding carboxylic acids is 1. The molecule has 0 spiro atoms. The van der Waals surface area contributed by atoms with Crippen molar-refractivity contribution in [3.63, 3.8) is 0 Å². The molecule has 3 heteroatoms. The van der Waals surface area contributed by atoms with Gasteiger partial charge in [-0.1, -0.05) is 30.3 Å². The van der Waals surface area contributed by atoms with Gasteiger partial charge in [-0.25, -0.2) is 0 Å². The first-order chi connectivity index (χ1) is 8.59. The van der Waals surface area contributed by atoms with E-state index in [0.29, 0.717) is 11.3 Å². The van der Waals surface area contributed by atoms with E-state index >= 15 is 0 Å². The molecule has 92 valence electrons. The molecule has 0 bridgehead atoms. The van der Waals surface area contributed by atoms with E-state index in [1.807, 2.05) is 30.3 Å². The third-order valence-corrected chi connectivity index (χ3v) is 2.90. The van der Waals surface area contributed by atoms with E-state index in [1.165, 1.54) is 13.0 Å². The number of phenolic OH excluding ortho intramolecular Hbond substituents is 1. The third-order valence-electron chi connectivity index (χ3n) is 2.90. The van der Waals surface area contributed by atoms with Gasteiger partial charge in [0.15, 0.2) is 0 Å². The van der Waals surface area contributed by atoms with Crippen LogP contribution in [-0.2, 0) is 4.79 Å². The normalized spacial score (nSPS) is 12.1. The van der Waals surface area contributed by atoms with Gasteiger partial charge in [-0.15, -0.1) is 0 Å². The van der Waals surface area contributed by atoms with Gasteiger partial charge in [-0.05, 0) is 30.7 Å². The van der Waals surface area contributed by atoms with Crippen LogP contribution in [0.2, 0.25) is 0 Å². The fraction of sp³-hybridized carbons (Fsp3) is 0.133. The maximum atomic E-state index is 11.9. The van der Waals surface area contributed by atoms with E-state index in [-0.39, 0.29) is 11.5 Å². The number of nitrogen functional groups attached to an aromatic ring is 1. The van der Waals surface area contributed by atoms with E-state index < -0.39 is 5.92 Å². The van der Waals surface area contributed by atoms with Crippen molar-refractivity contribution < 1.29 is 9.90 Å². The smallest absolute Gasteiger partial charge is 0.141 e. The highest BCUT2D eigenvalue weighted by atomic mass is 16.3. The molecular weight excluding hydrogens is 226 g/mol. The highest BCUT2D eigenvalue weighted by molar-refractivity contribution is 5.88. The molecule has 0 saturated carbocycles. The summed E-state index contributed by atoms with van der Waals surface area (Å²) in [5.74, 6) is -0.412. The molecular formula is C15H15NO2. The molecule has 3 N–H and O–H groups in total. The zero-order chi connectivity index (χ0) is 13.1. The molecule has 2 aromatic rings. The molecule has 0 heterocycles. The number of hydrogen-bond acceptors (Lipinski definition) is 3. The number of nitrogens with two attached hydrogens (primary N) is 1. The molecule has 2 aromatic carbocycles. The number of anilines is 1. The lowest BCUT2D eigenvalue weighted by atomic mass is 9.87. The maximum absolute atomic E-state index is 11.9. The molecule has 1 unspecified atom stereocenters. The number of phenols is 1. The fourth-order valence-corrected chi connectivity index (χ4v) is 2.08. The van der Waals surface area contributed by atoms with Crippen molar-refractivity contribution in [1.29, 1.82) is 0 Å². The minimum Gasteiger partial charge on any atom is -0.508 e. The van der Waals surface area contributed by atoms with Crippen molar-refractivity contribution >= 4 is 11.5 Å². The average Bonchev–Trinajstić information content (AvgIpc) is 2.35. The van der Waals surface area contributed by atoms with E-state index in [2.05, 4.69) is 0 Å². The van der Waals surface area contributed by atoms with Gasteiger partial charge in [0.25, 0.3) is 0 Å². The molecule has 0 aliphatic carbocycles. The molecule has 0 aliphatic rings. The summed E-state index contributed by atoms with van der Waals surface area (Å²) >= 11 is 0. The van der Waals surface area contributed by atoms with Crippen LogP contribution in [0.15, 0.2) is 48.5 Å². The lowest BCUT2D eigenvalue weighted by Gasteiger charge is -2.16. The molecule has 2 rings (SSSR count). The van der Waals surface area contributed by atoms with Gasteiger partial charge in [0.05, 0.1) is 5.92 Å². The van der Waals surface area contributed by atoms with E-state index in [4.69, 9.17) is 5.73 Å². The quantitative estimate of drug-likeness (QED) is 0.641. The van der Waals surface area contributed by atoms with Crippen LogP contribution in [0.3, 0.4) is 0 Å². The minimum atomic E-state index is -0.477. The van der Waals surface area contributed by atoms with Crippen molar-refractivity contribution in [2.75, 3.05) is 5.73 Å². The lowest BCUT2D eigenvalue weighted by Crippen LogP contribution is -2.11. The summed E-state index contributed by atoms with van der Waals surface area (Å²) in [6, 6.07) is 14.1. The Morgan fingerprint density at radius 1 is 1.17 bits per heavy atom. The number of benzene rings is 2. The van der Waals surface area contributed by atoms with Crippen LogP contribution in [0.4, 0.5) is 5.69 Å². The number of ketones is 1. The Balaban J connectivity index is 2.55. The first-order valence-corrected chi connectivity index (χ1v) is 5.73. The highest BCUT2D eigenvalue weighted by Crippen LogP contribution is 2.33. The van der Waals surface area contributed by atoms with Gasteiger partial charge in [-0.2, -0.15) is 0 Å². The Morgan fingerprint density at radius 2 is 1.83 bits per heavy atom. The Bertz CT molecular complexity index is 564. The molecule has 0 radical (unpaired) electrons. The summed E-state index contributed by atoms with van der Waals surface area (Å²) in [7, 11) is 0. The second kappa shape index (κ2) is 4.92. The van der Waals surface area contributed by atoms with Crippen LogP contribution in [0, 0.1) is 0 Å². The highest BCUT2D eigenvalue weighted by Gasteiger charge is 2.22. The number of rotatable bonds is 3. The van der Waals surface area contributed by atoms with Gasteiger partial charge in [0.1, 0.15) is 11.5 Å². The van der Waals surface area contributed by atoms with E-state index in [1.54, 1.807) is 12.1 Å². The molecule has 1 atom stereocenters. The molecule has 3 nitrogen and oxygen atoms in total. The third kappa shape index (κ3) is 2.35. The average molecular weight is 241 g/mol. The molecule has 0 fully saturated rings. The molecule has 0 saturated heterocycles. The van der Waals surface area contributed by atoms with Gasteiger partial charge >= 0.3 is 0 Å². The van der Waals surface area contributed by atoms with Gasteiger partial charge < -0.3 is 10.8 Å². The van der Waals surface area contributed by atoms with Crippen LogP contribution < -0.4 is 5.73 Å². The first-order valence-electron chi connectivity index (χ1n) is 5.73. The Morgan fingerprint density at radius 3 is 2.44 bits per heavy atom. The number of Topliss-reactive ketones (excluding diaryl/α,β-unsaturated/α-hetero) is 1. The number of hydrogen-bond donors (Lipinski definition) is 2. The maximum Gasteiger partial charge on any atom is 0.141 e. The SMILES string of the molecule is CC(=O)C(c1ccccc1)c1cc(N)ccc1O. The Labute approximate surface area is 106 Å². The van der Waals surface area contributed by atoms with Crippen molar-refractivity contribution in [3.05, 3.63) is 59.7 Å². The van der Waals surface area contributed by atoms with E-state index in [0.717, 1.165) is 5.56 Å². The number of carbonyl (C=O) groups is 1. The summed E-state index contributed by atoms with van der Waals surface area (Å²) < 4.78 is 0. The van der Waals surface area contributed by atoms with Crippen LogP contribution in [0.1, 0.15) is 24.0 Å². The second-order valence-electron chi connectivity index (χ2n) is 4.27. The zero-order valence-corrected chi connectivity index (χ0v) is 10.1. The van der Waals surface area contributed by atoms with E-state index in [9.17, 15) is 9.90 Å². The van der Waals surface area contributed by atoms with Crippen LogP contribution in [0.5, 0.6) is 5.75 Å².